The third-order valence-corrected chi connectivity index (χ3v) is 4.30. The lowest BCUT2D eigenvalue weighted by Gasteiger charge is -2.06. The Balaban J connectivity index is 1.86. The third kappa shape index (κ3) is 5.53. The van der Waals surface area contributed by atoms with Gasteiger partial charge in [0.25, 0.3) is 0 Å². The van der Waals surface area contributed by atoms with Gasteiger partial charge in [0.05, 0.1) is 5.75 Å². The highest BCUT2D eigenvalue weighted by atomic mass is 79.9. The molecule has 0 aliphatic heterocycles. The van der Waals surface area contributed by atoms with E-state index in [1.54, 1.807) is 11.8 Å². The fourth-order valence-electron chi connectivity index (χ4n) is 1.83. The molecule has 110 valence electrons. The van der Waals surface area contributed by atoms with Crippen LogP contribution in [0.1, 0.15) is 5.56 Å². The van der Waals surface area contributed by atoms with Crippen LogP contribution in [0.4, 0.5) is 5.69 Å². The largest absolute Gasteiger partial charge is 0.325 e. The van der Waals surface area contributed by atoms with Gasteiger partial charge in [-0.15, -0.1) is 11.8 Å². The summed E-state index contributed by atoms with van der Waals surface area (Å²) in [7, 11) is 1.92. The molecule has 0 fully saturated rings. The molecule has 0 aromatic heterocycles. The van der Waals surface area contributed by atoms with E-state index in [-0.39, 0.29) is 5.91 Å². The topological polar surface area (TPSA) is 41.1 Å². The van der Waals surface area contributed by atoms with Crippen molar-refractivity contribution in [1.82, 2.24) is 5.32 Å². The van der Waals surface area contributed by atoms with Crippen LogP contribution >= 0.6 is 27.7 Å². The number of benzene rings is 2. The Kier molecular flexibility index (Phi) is 6.29. The summed E-state index contributed by atoms with van der Waals surface area (Å²) in [5, 5.41) is 6.01. The maximum Gasteiger partial charge on any atom is 0.234 e. The van der Waals surface area contributed by atoms with Crippen LogP contribution in [-0.4, -0.2) is 18.7 Å². The summed E-state index contributed by atoms with van der Waals surface area (Å²) < 4.78 is 0.997. The Labute approximate surface area is 137 Å². The molecule has 0 aliphatic carbocycles. The lowest BCUT2D eigenvalue weighted by atomic mass is 10.2. The van der Waals surface area contributed by atoms with Gasteiger partial charge in [-0.2, -0.15) is 0 Å². The lowest BCUT2D eigenvalue weighted by Crippen LogP contribution is -2.13. The zero-order chi connectivity index (χ0) is 15.1. The molecule has 21 heavy (non-hydrogen) atoms. The number of nitrogens with one attached hydrogen (secondary N) is 2. The highest BCUT2D eigenvalue weighted by Gasteiger charge is 2.04. The first kappa shape index (κ1) is 16.1. The minimum atomic E-state index is 0.00124. The van der Waals surface area contributed by atoms with E-state index < -0.39 is 0 Å². The van der Waals surface area contributed by atoms with Gasteiger partial charge in [0.15, 0.2) is 0 Å². The molecule has 0 saturated carbocycles. The minimum Gasteiger partial charge on any atom is -0.325 e. The second-order valence-electron chi connectivity index (χ2n) is 4.52. The summed E-state index contributed by atoms with van der Waals surface area (Å²) in [6.45, 7) is 0.833. The van der Waals surface area contributed by atoms with Crippen LogP contribution in [-0.2, 0) is 11.3 Å². The van der Waals surface area contributed by atoms with E-state index in [1.165, 1.54) is 5.56 Å². The number of carbonyl (C=O) groups excluding carboxylic acids is 1. The van der Waals surface area contributed by atoms with Crippen molar-refractivity contribution in [2.75, 3.05) is 18.1 Å². The van der Waals surface area contributed by atoms with Gasteiger partial charge in [-0.1, -0.05) is 28.1 Å². The summed E-state index contributed by atoms with van der Waals surface area (Å²) in [6.07, 6.45) is 0. The van der Waals surface area contributed by atoms with Gasteiger partial charge in [0.1, 0.15) is 0 Å². The van der Waals surface area contributed by atoms with Crippen LogP contribution in [0.25, 0.3) is 0 Å². The molecule has 0 bridgehead atoms. The number of amides is 1. The number of thioether (sulfide) groups is 1. The van der Waals surface area contributed by atoms with Gasteiger partial charge >= 0.3 is 0 Å². The molecule has 0 spiro atoms. The monoisotopic (exact) mass is 364 g/mol. The van der Waals surface area contributed by atoms with Gasteiger partial charge in [0, 0.05) is 21.6 Å². The first-order chi connectivity index (χ1) is 10.2. The predicted molar refractivity (Wildman–Crippen MR) is 92.7 cm³/mol. The number of halogens is 1. The molecular formula is C16H17BrN2OS. The van der Waals surface area contributed by atoms with Crippen molar-refractivity contribution in [2.45, 2.75) is 11.4 Å². The van der Waals surface area contributed by atoms with Crippen molar-refractivity contribution in [1.29, 1.82) is 0 Å². The molecule has 2 N–H and O–H groups in total. The van der Waals surface area contributed by atoms with Crippen molar-refractivity contribution in [3.05, 3.63) is 58.6 Å². The normalized spacial score (nSPS) is 10.4. The average Bonchev–Trinajstić information content (AvgIpc) is 2.48. The third-order valence-electron chi connectivity index (χ3n) is 2.78. The molecule has 0 heterocycles. The van der Waals surface area contributed by atoms with E-state index >= 15 is 0 Å². The molecule has 3 nitrogen and oxygen atoms in total. The minimum absolute atomic E-state index is 0.00124. The maximum absolute atomic E-state index is 11.9. The SMILES string of the molecule is CNCc1cccc(SCC(=O)Nc2ccc(Br)cc2)c1. The van der Waals surface area contributed by atoms with Crippen molar-refractivity contribution in [3.8, 4) is 0 Å². The summed E-state index contributed by atoms with van der Waals surface area (Å²) in [5.74, 6) is 0.403. The van der Waals surface area contributed by atoms with Crippen molar-refractivity contribution in [2.24, 2.45) is 0 Å². The molecule has 0 unspecified atom stereocenters. The zero-order valence-electron chi connectivity index (χ0n) is 11.7. The van der Waals surface area contributed by atoms with Crippen LogP contribution in [0.5, 0.6) is 0 Å². The quantitative estimate of drug-likeness (QED) is 0.763. The second kappa shape index (κ2) is 8.22. The highest BCUT2D eigenvalue weighted by Crippen LogP contribution is 2.20. The molecule has 0 aliphatic rings. The molecule has 0 saturated heterocycles. The van der Waals surface area contributed by atoms with Gasteiger partial charge in [-0.25, -0.2) is 0 Å². The van der Waals surface area contributed by atoms with Crippen molar-refractivity contribution >= 4 is 39.3 Å². The molecule has 0 radical (unpaired) electrons. The Morgan fingerprint density at radius 2 is 1.95 bits per heavy atom. The van der Waals surface area contributed by atoms with E-state index in [4.69, 9.17) is 0 Å². The van der Waals surface area contributed by atoms with E-state index in [2.05, 4.69) is 38.7 Å². The van der Waals surface area contributed by atoms with Gasteiger partial charge in [-0.3, -0.25) is 4.79 Å². The summed E-state index contributed by atoms with van der Waals surface area (Å²) in [6, 6.07) is 15.8. The van der Waals surface area contributed by atoms with E-state index in [9.17, 15) is 4.79 Å². The first-order valence-electron chi connectivity index (χ1n) is 6.59. The van der Waals surface area contributed by atoms with Gasteiger partial charge in [0.2, 0.25) is 5.91 Å². The number of rotatable bonds is 6. The zero-order valence-corrected chi connectivity index (χ0v) is 14.1. The van der Waals surface area contributed by atoms with Crippen LogP contribution in [0.3, 0.4) is 0 Å². The standard InChI is InChI=1S/C16H17BrN2OS/c1-18-10-12-3-2-4-15(9-12)21-11-16(20)19-14-7-5-13(17)6-8-14/h2-9,18H,10-11H2,1H3,(H,19,20). The number of anilines is 1. The van der Waals surface area contributed by atoms with Crippen molar-refractivity contribution in [3.63, 3.8) is 0 Å². The molecule has 2 aromatic rings. The molecule has 0 atom stereocenters. The van der Waals surface area contributed by atoms with E-state index in [0.717, 1.165) is 21.6 Å². The Morgan fingerprint density at radius 1 is 1.19 bits per heavy atom. The molecule has 5 heteroatoms. The smallest absolute Gasteiger partial charge is 0.234 e. The Morgan fingerprint density at radius 3 is 2.67 bits per heavy atom. The van der Waals surface area contributed by atoms with Crippen LogP contribution in [0, 0.1) is 0 Å². The van der Waals surface area contributed by atoms with Crippen LogP contribution < -0.4 is 10.6 Å². The fraction of sp³-hybridized carbons (Fsp3) is 0.188. The molecule has 2 rings (SSSR count). The van der Waals surface area contributed by atoms with Crippen LogP contribution in [0.2, 0.25) is 0 Å². The number of carbonyl (C=O) groups is 1. The van der Waals surface area contributed by atoms with E-state index in [1.807, 2.05) is 43.4 Å². The highest BCUT2D eigenvalue weighted by molar-refractivity contribution is 9.10. The Hall–Kier alpha value is -1.30. The molecule has 1 amide bonds. The molecule has 2 aromatic carbocycles. The van der Waals surface area contributed by atoms with E-state index in [0.29, 0.717) is 5.75 Å². The summed E-state index contributed by atoms with van der Waals surface area (Å²) in [5.41, 5.74) is 2.03. The predicted octanol–water partition coefficient (Wildman–Crippen LogP) is 3.90. The van der Waals surface area contributed by atoms with Gasteiger partial charge < -0.3 is 10.6 Å². The summed E-state index contributed by atoms with van der Waals surface area (Å²) in [4.78, 5) is 13.0. The van der Waals surface area contributed by atoms with Crippen molar-refractivity contribution < 1.29 is 4.79 Å². The number of hydrogen-bond donors (Lipinski definition) is 2. The fourth-order valence-corrected chi connectivity index (χ4v) is 2.87. The maximum atomic E-state index is 11.9. The molecular weight excluding hydrogens is 348 g/mol. The number of hydrogen-bond acceptors (Lipinski definition) is 3. The van der Waals surface area contributed by atoms with Crippen LogP contribution in [0.15, 0.2) is 57.9 Å². The average molecular weight is 365 g/mol. The lowest BCUT2D eigenvalue weighted by molar-refractivity contribution is -0.113. The van der Waals surface area contributed by atoms with Gasteiger partial charge in [-0.05, 0) is 49.0 Å². The second-order valence-corrected chi connectivity index (χ2v) is 6.49. The summed E-state index contributed by atoms with van der Waals surface area (Å²) >= 11 is 4.91. The Bertz CT molecular complexity index is 601. The first-order valence-corrected chi connectivity index (χ1v) is 8.37.